The fraction of sp³-hybridized carbons (Fsp3) is 0.816. The average Bonchev–Trinajstić information content (AvgIpc) is 2.96. The molecule has 0 aromatic rings. The molecular weight excluding hydrogens is 488 g/mol. The minimum Gasteiger partial charge on any atom is -0.466 e. The highest BCUT2D eigenvalue weighted by atomic mass is 16.5. The fourth-order valence-electron chi connectivity index (χ4n) is 5.15. The Bertz CT molecular complexity index is 574. The minimum absolute atomic E-state index is 0.0139. The summed E-state index contributed by atoms with van der Waals surface area (Å²) in [6.45, 7) is 5.07. The molecule has 0 aliphatic heterocycles. The van der Waals surface area contributed by atoms with Crippen LogP contribution in [0.3, 0.4) is 0 Å². The number of allylic oxidation sites excluding steroid dienone is 6. The molecule has 0 unspecified atom stereocenters. The molecule has 0 aliphatic carbocycles. The van der Waals surface area contributed by atoms with Crippen LogP contribution in [0, 0.1) is 0 Å². The van der Waals surface area contributed by atoms with E-state index in [4.69, 9.17) is 4.74 Å². The largest absolute Gasteiger partial charge is 0.466 e. The van der Waals surface area contributed by atoms with Crippen molar-refractivity contribution < 1.29 is 9.53 Å². The van der Waals surface area contributed by atoms with Gasteiger partial charge in [0.1, 0.15) is 0 Å². The molecule has 0 fully saturated rings. The van der Waals surface area contributed by atoms with Crippen LogP contribution in [0.5, 0.6) is 0 Å². The number of esters is 1. The molecule has 0 saturated carbocycles. The number of unbranched alkanes of at least 4 members (excludes halogenated alkanes) is 22. The molecular formula is C38H70O2. The van der Waals surface area contributed by atoms with Crippen LogP contribution in [0.25, 0.3) is 0 Å². The molecule has 0 radical (unpaired) electrons. The van der Waals surface area contributed by atoms with Crippen molar-refractivity contribution in [1.82, 2.24) is 0 Å². The van der Waals surface area contributed by atoms with Gasteiger partial charge in [-0.15, -0.1) is 0 Å². The van der Waals surface area contributed by atoms with Crippen molar-refractivity contribution in [3.05, 3.63) is 36.5 Å². The number of ether oxygens (including phenoxy) is 1. The van der Waals surface area contributed by atoms with Gasteiger partial charge in [0.2, 0.25) is 0 Å². The lowest BCUT2D eigenvalue weighted by atomic mass is 10.0. The molecule has 234 valence electrons. The van der Waals surface area contributed by atoms with Crippen molar-refractivity contribution >= 4 is 5.97 Å². The van der Waals surface area contributed by atoms with Gasteiger partial charge < -0.3 is 4.74 Å². The summed E-state index contributed by atoms with van der Waals surface area (Å²) < 4.78 is 5.43. The predicted octanol–water partition coefficient (Wildman–Crippen LogP) is 13.2. The second-order valence-electron chi connectivity index (χ2n) is 11.8. The SMILES string of the molecule is CC/C=C\C/C=C\C/C=C\CCCCCCCCOC(=O)CCCCCCCCCCCCCCCCCCC. The molecule has 0 saturated heterocycles. The van der Waals surface area contributed by atoms with Crippen molar-refractivity contribution in [2.75, 3.05) is 6.61 Å². The third-order valence-corrected chi connectivity index (χ3v) is 7.79. The molecule has 0 N–H and O–H groups in total. The molecule has 0 aromatic carbocycles. The third-order valence-electron chi connectivity index (χ3n) is 7.79. The Labute approximate surface area is 251 Å². The maximum Gasteiger partial charge on any atom is 0.305 e. The van der Waals surface area contributed by atoms with Gasteiger partial charge in [-0.2, -0.15) is 0 Å². The van der Waals surface area contributed by atoms with Gasteiger partial charge in [0.05, 0.1) is 6.61 Å². The first-order chi connectivity index (χ1) is 19.8. The van der Waals surface area contributed by atoms with Gasteiger partial charge in [0, 0.05) is 6.42 Å². The van der Waals surface area contributed by atoms with E-state index >= 15 is 0 Å². The molecule has 0 rings (SSSR count). The lowest BCUT2D eigenvalue weighted by Crippen LogP contribution is -2.05. The first-order valence-electron chi connectivity index (χ1n) is 17.9. The molecule has 0 atom stereocenters. The zero-order valence-electron chi connectivity index (χ0n) is 27.3. The Morgan fingerprint density at radius 1 is 0.450 bits per heavy atom. The van der Waals surface area contributed by atoms with Crippen LogP contribution in [0.15, 0.2) is 36.5 Å². The third kappa shape index (κ3) is 34.7. The highest BCUT2D eigenvalue weighted by Gasteiger charge is 2.02. The van der Waals surface area contributed by atoms with Crippen LogP contribution in [0.2, 0.25) is 0 Å². The average molecular weight is 559 g/mol. The van der Waals surface area contributed by atoms with Crippen molar-refractivity contribution in [1.29, 1.82) is 0 Å². The van der Waals surface area contributed by atoms with E-state index in [9.17, 15) is 4.79 Å². The van der Waals surface area contributed by atoms with Gasteiger partial charge in [0.25, 0.3) is 0 Å². The summed E-state index contributed by atoms with van der Waals surface area (Å²) in [5.41, 5.74) is 0. The van der Waals surface area contributed by atoms with Gasteiger partial charge in [0.15, 0.2) is 0 Å². The molecule has 2 heteroatoms. The first kappa shape index (κ1) is 38.7. The number of carbonyl (C=O) groups excluding carboxylic acids is 1. The van der Waals surface area contributed by atoms with Crippen LogP contribution in [0.4, 0.5) is 0 Å². The summed E-state index contributed by atoms with van der Waals surface area (Å²) in [5.74, 6) is 0.0139. The number of carbonyl (C=O) groups is 1. The maximum absolute atomic E-state index is 11.9. The summed E-state index contributed by atoms with van der Waals surface area (Å²) in [6, 6.07) is 0. The van der Waals surface area contributed by atoms with Gasteiger partial charge in [-0.3, -0.25) is 4.79 Å². The van der Waals surface area contributed by atoms with E-state index in [1.807, 2.05) is 0 Å². The van der Waals surface area contributed by atoms with Crippen LogP contribution in [0.1, 0.15) is 194 Å². The topological polar surface area (TPSA) is 26.3 Å². The van der Waals surface area contributed by atoms with Crippen LogP contribution < -0.4 is 0 Å². The summed E-state index contributed by atoms with van der Waals surface area (Å²) in [4.78, 5) is 11.9. The normalized spacial score (nSPS) is 11.9. The smallest absolute Gasteiger partial charge is 0.305 e. The van der Waals surface area contributed by atoms with Gasteiger partial charge in [-0.25, -0.2) is 0 Å². The molecule has 0 bridgehead atoms. The van der Waals surface area contributed by atoms with Crippen LogP contribution in [-0.4, -0.2) is 12.6 Å². The van der Waals surface area contributed by atoms with Crippen LogP contribution in [-0.2, 0) is 9.53 Å². The van der Waals surface area contributed by atoms with Gasteiger partial charge >= 0.3 is 5.97 Å². The molecule has 0 spiro atoms. The number of rotatable bonds is 32. The molecule has 0 aromatic heterocycles. The number of hydrogen-bond donors (Lipinski definition) is 0. The lowest BCUT2D eigenvalue weighted by Gasteiger charge is -2.05. The van der Waals surface area contributed by atoms with Crippen molar-refractivity contribution in [3.63, 3.8) is 0 Å². The summed E-state index contributed by atoms with van der Waals surface area (Å²) in [6.07, 6.45) is 49.2. The standard InChI is InChI=1S/C38H70O2/c1-3-5-7-9-11-13-15-17-19-21-22-24-26-28-30-32-34-36-38(39)40-37-35-33-31-29-27-25-23-20-18-16-14-12-10-8-6-4-2/h6,8,12,14,18,20H,3-5,7,9-11,13,15-17,19,21-37H2,1-2H3/b8-6-,14-12-,20-18-. The Balaban J connectivity index is 3.22. The highest BCUT2D eigenvalue weighted by molar-refractivity contribution is 5.69. The van der Waals surface area contributed by atoms with Crippen molar-refractivity contribution in [2.24, 2.45) is 0 Å². The molecule has 2 nitrogen and oxygen atoms in total. The monoisotopic (exact) mass is 559 g/mol. The van der Waals surface area contributed by atoms with Crippen molar-refractivity contribution in [3.8, 4) is 0 Å². The molecule has 0 heterocycles. The first-order valence-corrected chi connectivity index (χ1v) is 17.9. The summed E-state index contributed by atoms with van der Waals surface area (Å²) >= 11 is 0. The van der Waals surface area contributed by atoms with E-state index in [0.717, 1.165) is 32.1 Å². The van der Waals surface area contributed by atoms with E-state index in [-0.39, 0.29) is 5.97 Å². The Hall–Kier alpha value is -1.31. The zero-order valence-corrected chi connectivity index (χ0v) is 27.3. The van der Waals surface area contributed by atoms with E-state index in [1.165, 1.54) is 141 Å². The van der Waals surface area contributed by atoms with Gasteiger partial charge in [-0.05, 0) is 44.9 Å². The predicted molar refractivity (Wildman–Crippen MR) is 179 cm³/mol. The Morgan fingerprint density at radius 2 is 0.850 bits per heavy atom. The van der Waals surface area contributed by atoms with E-state index in [1.54, 1.807) is 0 Å². The van der Waals surface area contributed by atoms with E-state index in [0.29, 0.717) is 13.0 Å². The molecule has 40 heavy (non-hydrogen) atoms. The second kappa shape index (κ2) is 35.7. The van der Waals surface area contributed by atoms with E-state index in [2.05, 4.69) is 50.3 Å². The van der Waals surface area contributed by atoms with E-state index < -0.39 is 0 Å². The van der Waals surface area contributed by atoms with Crippen LogP contribution >= 0.6 is 0 Å². The minimum atomic E-state index is 0.0139. The molecule has 0 aliphatic rings. The molecule has 0 amide bonds. The summed E-state index contributed by atoms with van der Waals surface area (Å²) in [7, 11) is 0. The fourth-order valence-corrected chi connectivity index (χ4v) is 5.15. The highest BCUT2D eigenvalue weighted by Crippen LogP contribution is 2.14. The Kier molecular flexibility index (Phi) is 34.5. The maximum atomic E-state index is 11.9. The Morgan fingerprint density at radius 3 is 1.35 bits per heavy atom. The summed E-state index contributed by atoms with van der Waals surface area (Å²) in [5, 5.41) is 0. The zero-order chi connectivity index (χ0) is 29.0. The number of hydrogen-bond acceptors (Lipinski definition) is 2. The lowest BCUT2D eigenvalue weighted by molar-refractivity contribution is -0.143. The van der Waals surface area contributed by atoms with Gasteiger partial charge in [-0.1, -0.05) is 179 Å². The quantitative estimate of drug-likeness (QED) is 0.0466. The second-order valence-corrected chi connectivity index (χ2v) is 11.8. The van der Waals surface area contributed by atoms with Crippen molar-refractivity contribution in [2.45, 2.75) is 194 Å².